The Kier molecular flexibility index (Phi) is 3.93. The van der Waals surface area contributed by atoms with Crippen LogP contribution in [0.1, 0.15) is 40.7 Å². The van der Waals surface area contributed by atoms with E-state index in [4.69, 9.17) is 0 Å². The van der Waals surface area contributed by atoms with E-state index in [1.807, 2.05) is 0 Å². The number of pyridine rings is 2. The number of rotatable bonds is 2. The molecule has 3 rings (SSSR count). The lowest BCUT2D eigenvalue weighted by molar-refractivity contribution is 0.0590. The summed E-state index contributed by atoms with van der Waals surface area (Å²) in [6.07, 6.45) is 3.28. The van der Waals surface area contributed by atoms with Gasteiger partial charge in [0.05, 0.1) is 18.6 Å². The number of nitrogens with zero attached hydrogens (tertiary/aromatic N) is 2. The molecule has 1 saturated heterocycles. The molecule has 1 atom stereocenters. The largest absolute Gasteiger partial charge is 0.504 e. The van der Waals surface area contributed by atoms with Gasteiger partial charge >= 0.3 is 5.97 Å². The van der Waals surface area contributed by atoms with Gasteiger partial charge in [0, 0.05) is 11.6 Å². The maximum absolute atomic E-state index is 12.4. The molecule has 1 aliphatic heterocycles. The van der Waals surface area contributed by atoms with E-state index in [-0.39, 0.29) is 22.7 Å². The highest BCUT2D eigenvalue weighted by Gasteiger charge is 2.34. The van der Waals surface area contributed by atoms with Crippen molar-refractivity contribution in [2.24, 2.45) is 0 Å². The first-order chi connectivity index (χ1) is 11.0. The molecule has 122 valence electrons. The zero-order valence-corrected chi connectivity index (χ0v) is 13.3. The summed E-state index contributed by atoms with van der Waals surface area (Å²) in [5, 5.41) is 9.87. The van der Waals surface area contributed by atoms with Gasteiger partial charge in [0.2, 0.25) is 0 Å². The van der Waals surface area contributed by atoms with Crippen molar-refractivity contribution >= 4 is 26.7 Å². The number of fused-ring (bicyclic) bond motifs is 1. The Morgan fingerprint density at radius 1 is 1.39 bits per heavy atom. The molecular formula is C15H16N2O5S. The van der Waals surface area contributed by atoms with Crippen molar-refractivity contribution in [3.8, 4) is 5.75 Å². The smallest absolute Gasteiger partial charge is 0.360 e. The lowest BCUT2D eigenvalue weighted by Crippen LogP contribution is -2.23. The van der Waals surface area contributed by atoms with Gasteiger partial charge < -0.3 is 9.84 Å². The van der Waals surface area contributed by atoms with Gasteiger partial charge in [0.15, 0.2) is 21.3 Å². The SMILES string of the molecule is COC(=O)c1nc(C2CCCCS2(=O)=O)c2cccnc2c1O. The summed E-state index contributed by atoms with van der Waals surface area (Å²) in [6.45, 7) is 0. The molecule has 1 N–H and O–H groups in total. The van der Waals surface area contributed by atoms with Gasteiger partial charge in [0.1, 0.15) is 10.8 Å². The van der Waals surface area contributed by atoms with Crippen molar-refractivity contribution in [1.82, 2.24) is 9.97 Å². The number of hydrogen-bond donors (Lipinski definition) is 1. The van der Waals surface area contributed by atoms with Crippen LogP contribution < -0.4 is 0 Å². The molecule has 23 heavy (non-hydrogen) atoms. The van der Waals surface area contributed by atoms with Crippen LogP contribution in [0, 0.1) is 0 Å². The first-order valence-corrected chi connectivity index (χ1v) is 8.94. The fourth-order valence-electron chi connectivity index (χ4n) is 2.89. The van der Waals surface area contributed by atoms with Crippen LogP contribution in [-0.4, -0.2) is 42.3 Å². The quantitative estimate of drug-likeness (QED) is 0.833. The third kappa shape index (κ3) is 2.63. The Bertz CT molecular complexity index is 879. The van der Waals surface area contributed by atoms with E-state index in [9.17, 15) is 18.3 Å². The molecule has 0 saturated carbocycles. The van der Waals surface area contributed by atoms with Crippen LogP contribution >= 0.6 is 0 Å². The van der Waals surface area contributed by atoms with E-state index >= 15 is 0 Å². The molecule has 0 amide bonds. The highest BCUT2D eigenvalue weighted by Crippen LogP contribution is 2.38. The van der Waals surface area contributed by atoms with E-state index in [0.717, 1.165) is 6.42 Å². The topological polar surface area (TPSA) is 106 Å². The zero-order chi connectivity index (χ0) is 16.6. The second kappa shape index (κ2) is 5.77. The number of carbonyl (C=O) groups excluding carboxylic acids is 1. The number of aromatic hydroxyl groups is 1. The second-order valence-electron chi connectivity index (χ2n) is 5.44. The molecule has 0 aromatic carbocycles. The highest BCUT2D eigenvalue weighted by atomic mass is 32.2. The molecule has 0 spiro atoms. The van der Waals surface area contributed by atoms with Crippen molar-refractivity contribution in [1.29, 1.82) is 0 Å². The van der Waals surface area contributed by atoms with Crippen LogP contribution in [0.25, 0.3) is 10.9 Å². The normalized spacial score (nSPS) is 20.3. The Labute approximate surface area is 133 Å². The van der Waals surface area contributed by atoms with E-state index in [1.54, 1.807) is 12.1 Å². The molecule has 0 radical (unpaired) electrons. The number of ether oxygens (including phenoxy) is 1. The molecule has 1 aliphatic rings. The zero-order valence-electron chi connectivity index (χ0n) is 12.5. The number of sulfone groups is 1. The summed E-state index contributed by atoms with van der Waals surface area (Å²) < 4.78 is 29.5. The first kappa shape index (κ1) is 15.7. The predicted molar refractivity (Wildman–Crippen MR) is 82.9 cm³/mol. The summed E-state index contributed by atoms with van der Waals surface area (Å²) in [7, 11) is -2.18. The van der Waals surface area contributed by atoms with Crippen LogP contribution in [0.15, 0.2) is 18.3 Å². The standard InChI is InChI=1S/C15H16N2O5S/c1-22-15(19)13-14(18)12-9(5-4-7-16-12)11(17-13)10-6-2-3-8-23(10,20)21/h4-5,7,10,18H,2-3,6,8H2,1H3. The van der Waals surface area contributed by atoms with E-state index in [1.165, 1.54) is 13.3 Å². The molecule has 0 bridgehead atoms. The average molecular weight is 336 g/mol. The molecule has 7 nitrogen and oxygen atoms in total. The van der Waals surface area contributed by atoms with Crippen LogP contribution in [0.5, 0.6) is 5.75 Å². The van der Waals surface area contributed by atoms with Crippen LogP contribution in [-0.2, 0) is 14.6 Å². The monoisotopic (exact) mass is 336 g/mol. The molecule has 1 unspecified atom stereocenters. The Hall–Kier alpha value is -2.22. The van der Waals surface area contributed by atoms with Gasteiger partial charge in [-0.2, -0.15) is 0 Å². The van der Waals surface area contributed by atoms with E-state index in [2.05, 4.69) is 14.7 Å². The number of esters is 1. The number of hydrogen-bond acceptors (Lipinski definition) is 7. The lowest BCUT2D eigenvalue weighted by atomic mass is 10.1. The number of methoxy groups -OCH3 is 1. The number of carbonyl (C=O) groups is 1. The van der Waals surface area contributed by atoms with Crippen molar-refractivity contribution in [3.63, 3.8) is 0 Å². The van der Waals surface area contributed by atoms with Gasteiger partial charge in [-0.3, -0.25) is 4.98 Å². The molecule has 3 heterocycles. The van der Waals surface area contributed by atoms with Crippen molar-refractivity contribution in [3.05, 3.63) is 29.7 Å². The third-order valence-corrected chi connectivity index (χ3v) is 6.21. The third-order valence-electron chi connectivity index (χ3n) is 4.03. The Morgan fingerprint density at radius 3 is 2.87 bits per heavy atom. The van der Waals surface area contributed by atoms with Gasteiger partial charge in [-0.15, -0.1) is 0 Å². The minimum Gasteiger partial charge on any atom is -0.504 e. The summed E-state index contributed by atoms with van der Waals surface area (Å²) in [6, 6.07) is 3.29. The van der Waals surface area contributed by atoms with Gasteiger partial charge in [-0.05, 0) is 25.0 Å². The Morgan fingerprint density at radius 2 is 2.17 bits per heavy atom. The molecule has 8 heteroatoms. The van der Waals surface area contributed by atoms with Crippen molar-refractivity contribution < 1.29 is 23.1 Å². The van der Waals surface area contributed by atoms with Crippen LogP contribution in [0.2, 0.25) is 0 Å². The molecule has 2 aromatic rings. The fraction of sp³-hybridized carbons (Fsp3) is 0.400. The first-order valence-electron chi connectivity index (χ1n) is 7.23. The van der Waals surface area contributed by atoms with E-state index in [0.29, 0.717) is 18.2 Å². The van der Waals surface area contributed by atoms with Gasteiger partial charge in [-0.1, -0.05) is 6.42 Å². The lowest BCUT2D eigenvalue weighted by Gasteiger charge is -2.23. The molecule has 0 aliphatic carbocycles. The summed E-state index contributed by atoms with van der Waals surface area (Å²) in [5.74, 6) is -1.14. The maximum atomic E-state index is 12.4. The predicted octanol–water partition coefficient (Wildman–Crippen LogP) is 1.76. The van der Waals surface area contributed by atoms with E-state index < -0.39 is 26.8 Å². The minimum absolute atomic E-state index is 0.0928. The van der Waals surface area contributed by atoms with Crippen molar-refractivity contribution in [2.75, 3.05) is 12.9 Å². The average Bonchev–Trinajstić information content (AvgIpc) is 2.55. The van der Waals surface area contributed by atoms with Crippen molar-refractivity contribution in [2.45, 2.75) is 24.5 Å². The summed E-state index contributed by atoms with van der Waals surface area (Å²) in [5.41, 5.74) is 0.0964. The summed E-state index contributed by atoms with van der Waals surface area (Å²) in [4.78, 5) is 20.1. The highest BCUT2D eigenvalue weighted by molar-refractivity contribution is 7.91. The second-order valence-corrected chi connectivity index (χ2v) is 7.74. The van der Waals surface area contributed by atoms with Gasteiger partial charge in [-0.25, -0.2) is 18.2 Å². The Balaban J connectivity index is 2.31. The maximum Gasteiger partial charge on any atom is 0.360 e. The molecular weight excluding hydrogens is 320 g/mol. The fourth-order valence-corrected chi connectivity index (χ4v) is 4.83. The minimum atomic E-state index is -3.35. The van der Waals surface area contributed by atoms with Crippen LogP contribution in [0.3, 0.4) is 0 Å². The molecule has 1 fully saturated rings. The summed E-state index contributed by atoms with van der Waals surface area (Å²) >= 11 is 0. The number of aromatic nitrogens is 2. The van der Waals surface area contributed by atoms with Crippen LogP contribution in [0.4, 0.5) is 0 Å². The van der Waals surface area contributed by atoms with Gasteiger partial charge in [0.25, 0.3) is 0 Å². The molecule has 2 aromatic heterocycles.